The number of thiazole rings is 1. The lowest BCUT2D eigenvalue weighted by molar-refractivity contribution is 0.122. The molecule has 0 amide bonds. The predicted octanol–water partition coefficient (Wildman–Crippen LogP) is 0.826. The summed E-state index contributed by atoms with van der Waals surface area (Å²) in [7, 11) is 0. The van der Waals surface area contributed by atoms with Gasteiger partial charge in [-0.3, -0.25) is 14.6 Å². The van der Waals surface area contributed by atoms with Crippen molar-refractivity contribution in [3.63, 3.8) is 0 Å². The molecular weight excluding hydrogens is 298 g/mol. The largest absolute Gasteiger partial charge is 0.299 e. The zero-order valence-electron chi connectivity index (χ0n) is 12.8. The molecule has 0 bridgehead atoms. The molecule has 0 N–H and O–H groups in total. The monoisotopic (exact) mass is 319 g/mol. The molecule has 6 nitrogen and oxygen atoms in total. The fraction of sp³-hybridized carbons (Fsp3) is 0.533. The van der Waals surface area contributed by atoms with Crippen molar-refractivity contribution in [2.45, 2.75) is 20.0 Å². The minimum absolute atomic E-state index is 0.0277. The minimum Gasteiger partial charge on any atom is -0.299 e. The Hall–Kier alpha value is -1.57. The first-order chi connectivity index (χ1) is 10.7. The summed E-state index contributed by atoms with van der Waals surface area (Å²) in [6.45, 7) is 8.69. The second-order valence-electron chi connectivity index (χ2n) is 5.56. The van der Waals surface area contributed by atoms with Crippen LogP contribution >= 0.6 is 11.3 Å². The lowest BCUT2D eigenvalue weighted by atomic mass is 10.3. The van der Waals surface area contributed by atoms with Crippen LogP contribution in [0.15, 0.2) is 28.5 Å². The highest BCUT2D eigenvalue weighted by Gasteiger charge is 2.17. The standard InChI is InChI=1S/C15H21N5OS/c1-13-17-14(12-22-13)11-19-7-5-18(6-8-19)9-10-20-15(21)3-2-4-16-20/h2-4,12H,5-11H2,1H3. The average Bonchev–Trinajstić information content (AvgIpc) is 2.93. The zero-order valence-corrected chi connectivity index (χ0v) is 13.6. The van der Waals surface area contributed by atoms with Gasteiger partial charge in [-0.2, -0.15) is 5.10 Å². The van der Waals surface area contributed by atoms with Crippen LogP contribution in [0.1, 0.15) is 10.7 Å². The molecule has 3 heterocycles. The molecule has 1 aliphatic heterocycles. The fourth-order valence-electron chi connectivity index (χ4n) is 2.67. The SMILES string of the molecule is Cc1nc(CN2CCN(CCn3ncccc3=O)CC2)cs1. The van der Waals surface area contributed by atoms with Gasteiger partial charge in [-0.15, -0.1) is 11.3 Å². The van der Waals surface area contributed by atoms with Gasteiger partial charge in [0.15, 0.2) is 0 Å². The Balaban J connectivity index is 1.44. The zero-order chi connectivity index (χ0) is 15.4. The van der Waals surface area contributed by atoms with Gasteiger partial charge in [0.25, 0.3) is 5.56 Å². The van der Waals surface area contributed by atoms with Crippen molar-refractivity contribution in [1.82, 2.24) is 24.6 Å². The molecule has 2 aromatic rings. The summed E-state index contributed by atoms with van der Waals surface area (Å²) in [5, 5.41) is 7.38. The van der Waals surface area contributed by atoms with Crippen LogP contribution in [0.4, 0.5) is 0 Å². The van der Waals surface area contributed by atoms with Gasteiger partial charge >= 0.3 is 0 Å². The molecule has 118 valence electrons. The third-order valence-corrected chi connectivity index (χ3v) is 4.75. The van der Waals surface area contributed by atoms with Crippen LogP contribution in [0.5, 0.6) is 0 Å². The van der Waals surface area contributed by atoms with Gasteiger partial charge < -0.3 is 0 Å². The van der Waals surface area contributed by atoms with Crippen LogP contribution < -0.4 is 5.56 Å². The van der Waals surface area contributed by atoms with Crippen molar-refractivity contribution in [2.75, 3.05) is 32.7 Å². The molecule has 0 atom stereocenters. The Morgan fingerprint density at radius 1 is 1.18 bits per heavy atom. The minimum atomic E-state index is -0.0277. The van der Waals surface area contributed by atoms with E-state index in [-0.39, 0.29) is 5.56 Å². The summed E-state index contributed by atoms with van der Waals surface area (Å²) < 4.78 is 1.53. The molecule has 0 unspecified atom stereocenters. The van der Waals surface area contributed by atoms with Crippen molar-refractivity contribution in [3.05, 3.63) is 44.8 Å². The van der Waals surface area contributed by atoms with E-state index >= 15 is 0 Å². The van der Waals surface area contributed by atoms with Gasteiger partial charge in [0.2, 0.25) is 0 Å². The summed E-state index contributed by atoms with van der Waals surface area (Å²) in [5.41, 5.74) is 1.15. The van der Waals surface area contributed by atoms with Crippen molar-refractivity contribution >= 4 is 11.3 Å². The first-order valence-corrected chi connectivity index (χ1v) is 8.46. The first kappa shape index (κ1) is 15.3. The van der Waals surface area contributed by atoms with E-state index in [9.17, 15) is 4.79 Å². The lowest BCUT2D eigenvalue weighted by Gasteiger charge is -2.34. The summed E-state index contributed by atoms with van der Waals surface area (Å²) in [6.07, 6.45) is 1.66. The maximum Gasteiger partial charge on any atom is 0.266 e. The maximum atomic E-state index is 11.6. The Morgan fingerprint density at radius 3 is 2.64 bits per heavy atom. The van der Waals surface area contributed by atoms with Gasteiger partial charge in [-0.1, -0.05) is 0 Å². The van der Waals surface area contributed by atoms with Gasteiger partial charge in [0.05, 0.1) is 17.2 Å². The van der Waals surface area contributed by atoms with E-state index < -0.39 is 0 Å². The molecule has 7 heteroatoms. The average molecular weight is 319 g/mol. The number of hydrogen-bond acceptors (Lipinski definition) is 6. The smallest absolute Gasteiger partial charge is 0.266 e. The van der Waals surface area contributed by atoms with Crippen molar-refractivity contribution in [3.8, 4) is 0 Å². The molecule has 3 rings (SSSR count). The quantitative estimate of drug-likeness (QED) is 0.817. The number of nitrogens with zero attached hydrogens (tertiary/aromatic N) is 5. The molecular formula is C15H21N5OS. The molecule has 0 aliphatic carbocycles. The maximum absolute atomic E-state index is 11.6. The lowest BCUT2D eigenvalue weighted by Crippen LogP contribution is -2.47. The van der Waals surface area contributed by atoms with Crippen LogP contribution in [-0.4, -0.2) is 57.3 Å². The molecule has 0 aromatic carbocycles. The van der Waals surface area contributed by atoms with E-state index in [0.29, 0.717) is 6.54 Å². The first-order valence-electron chi connectivity index (χ1n) is 7.58. The van der Waals surface area contributed by atoms with Gasteiger partial charge in [-0.05, 0) is 13.0 Å². The topological polar surface area (TPSA) is 54.3 Å². The third kappa shape index (κ3) is 4.00. The van der Waals surface area contributed by atoms with Gasteiger partial charge in [0.1, 0.15) is 0 Å². The van der Waals surface area contributed by atoms with E-state index in [1.807, 2.05) is 6.92 Å². The van der Waals surface area contributed by atoms with Gasteiger partial charge in [0, 0.05) is 56.9 Å². The Labute approximate surface area is 134 Å². The van der Waals surface area contributed by atoms with Crippen LogP contribution in [0, 0.1) is 6.92 Å². The van der Waals surface area contributed by atoms with Crippen LogP contribution in [-0.2, 0) is 13.1 Å². The Morgan fingerprint density at radius 2 is 1.95 bits per heavy atom. The Bertz CT molecular complexity index is 660. The van der Waals surface area contributed by atoms with E-state index in [2.05, 4.69) is 25.3 Å². The molecule has 2 aromatic heterocycles. The predicted molar refractivity (Wildman–Crippen MR) is 87.1 cm³/mol. The van der Waals surface area contributed by atoms with Crippen LogP contribution in [0.25, 0.3) is 0 Å². The summed E-state index contributed by atoms with van der Waals surface area (Å²) in [5.74, 6) is 0. The van der Waals surface area contributed by atoms with Gasteiger partial charge in [-0.25, -0.2) is 9.67 Å². The fourth-order valence-corrected chi connectivity index (χ4v) is 3.28. The van der Waals surface area contributed by atoms with Crippen LogP contribution in [0.2, 0.25) is 0 Å². The van der Waals surface area contributed by atoms with Crippen molar-refractivity contribution < 1.29 is 0 Å². The number of hydrogen-bond donors (Lipinski definition) is 0. The molecule has 0 radical (unpaired) electrons. The van der Waals surface area contributed by atoms with Crippen molar-refractivity contribution in [1.29, 1.82) is 0 Å². The second kappa shape index (κ2) is 7.13. The van der Waals surface area contributed by atoms with E-state index in [1.165, 1.54) is 10.4 Å². The summed E-state index contributed by atoms with van der Waals surface area (Å²) in [6, 6.07) is 3.23. The highest BCUT2D eigenvalue weighted by molar-refractivity contribution is 7.09. The molecule has 1 aliphatic rings. The number of piperazine rings is 1. The van der Waals surface area contributed by atoms with E-state index in [1.54, 1.807) is 29.7 Å². The second-order valence-corrected chi connectivity index (χ2v) is 6.62. The van der Waals surface area contributed by atoms with Crippen LogP contribution in [0.3, 0.4) is 0 Å². The molecule has 0 spiro atoms. The van der Waals surface area contributed by atoms with Crippen molar-refractivity contribution in [2.24, 2.45) is 0 Å². The molecule has 22 heavy (non-hydrogen) atoms. The van der Waals surface area contributed by atoms with E-state index in [0.717, 1.165) is 44.3 Å². The number of rotatable bonds is 5. The highest BCUT2D eigenvalue weighted by Crippen LogP contribution is 2.12. The molecule has 1 saturated heterocycles. The summed E-state index contributed by atoms with van der Waals surface area (Å²) in [4.78, 5) is 21.0. The number of aryl methyl sites for hydroxylation is 1. The third-order valence-electron chi connectivity index (χ3n) is 3.93. The number of aromatic nitrogens is 3. The van der Waals surface area contributed by atoms with E-state index in [4.69, 9.17) is 0 Å². The summed E-state index contributed by atoms with van der Waals surface area (Å²) >= 11 is 1.71. The molecule has 1 fully saturated rings. The Kier molecular flexibility index (Phi) is 4.97. The highest BCUT2D eigenvalue weighted by atomic mass is 32.1. The molecule has 0 saturated carbocycles. The normalized spacial score (nSPS) is 17.0.